The summed E-state index contributed by atoms with van der Waals surface area (Å²) in [6, 6.07) is 4.11. The second kappa shape index (κ2) is 5.79. The van der Waals surface area contributed by atoms with Gasteiger partial charge in [0.05, 0.1) is 11.0 Å². The van der Waals surface area contributed by atoms with Crippen molar-refractivity contribution in [2.45, 2.75) is 24.0 Å². The highest BCUT2D eigenvalue weighted by Gasteiger charge is 2.29. The van der Waals surface area contributed by atoms with Crippen molar-refractivity contribution in [2.24, 2.45) is 0 Å². The van der Waals surface area contributed by atoms with Crippen LogP contribution in [0.25, 0.3) is 0 Å². The van der Waals surface area contributed by atoms with Crippen molar-refractivity contribution < 1.29 is 23.4 Å². The molecule has 3 N–H and O–H groups in total. The summed E-state index contributed by atoms with van der Waals surface area (Å²) in [5.74, 6) is -1.44. The zero-order valence-electron chi connectivity index (χ0n) is 9.37. The van der Waals surface area contributed by atoms with Crippen LogP contribution in [0.4, 0.5) is 0 Å². The van der Waals surface area contributed by atoms with Gasteiger partial charge in [-0.05, 0) is 31.2 Å². The van der Waals surface area contributed by atoms with E-state index in [1.807, 2.05) is 4.72 Å². The molecule has 0 radical (unpaired) electrons. The van der Waals surface area contributed by atoms with Crippen LogP contribution in [0.1, 0.15) is 6.92 Å². The van der Waals surface area contributed by atoms with Crippen LogP contribution in [-0.4, -0.2) is 36.7 Å². The zero-order valence-corrected chi connectivity index (χ0v) is 11.8. The van der Waals surface area contributed by atoms with Crippen LogP contribution in [0.15, 0.2) is 33.6 Å². The van der Waals surface area contributed by atoms with Crippen molar-refractivity contribution in [2.75, 3.05) is 0 Å². The molecule has 0 spiro atoms. The van der Waals surface area contributed by atoms with Crippen molar-refractivity contribution in [3.8, 4) is 0 Å². The highest BCUT2D eigenvalue weighted by atomic mass is 79.9. The number of halogens is 1. The Morgan fingerprint density at radius 1 is 1.33 bits per heavy atom. The Kier molecular flexibility index (Phi) is 4.85. The van der Waals surface area contributed by atoms with E-state index in [1.165, 1.54) is 31.2 Å². The van der Waals surface area contributed by atoms with E-state index in [4.69, 9.17) is 5.11 Å². The van der Waals surface area contributed by atoms with Gasteiger partial charge in [0.15, 0.2) is 0 Å². The van der Waals surface area contributed by atoms with E-state index in [-0.39, 0.29) is 4.90 Å². The number of carboxylic acids is 1. The lowest BCUT2D eigenvalue weighted by Gasteiger charge is -2.17. The molecular weight excluding hydrogens is 326 g/mol. The Morgan fingerprint density at radius 2 is 1.83 bits per heavy atom. The van der Waals surface area contributed by atoms with Crippen LogP contribution in [0.2, 0.25) is 0 Å². The van der Waals surface area contributed by atoms with E-state index in [1.54, 1.807) is 0 Å². The first-order valence-electron chi connectivity index (χ1n) is 4.93. The lowest BCUT2D eigenvalue weighted by Crippen LogP contribution is -2.47. The maximum atomic E-state index is 11.9. The largest absolute Gasteiger partial charge is 0.480 e. The van der Waals surface area contributed by atoms with E-state index in [0.717, 1.165) is 0 Å². The molecule has 0 saturated heterocycles. The number of aliphatic carboxylic acids is 1. The fourth-order valence-corrected chi connectivity index (χ4v) is 2.73. The Morgan fingerprint density at radius 3 is 2.22 bits per heavy atom. The summed E-state index contributed by atoms with van der Waals surface area (Å²) in [5, 5.41) is 18.0. The van der Waals surface area contributed by atoms with Crippen molar-refractivity contribution in [3.05, 3.63) is 28.7 Å². The SMILES string of the molecule is CC(O)C(NS(=O)(=O)c1ccc(Br)cc1)C(=O)O. The molecule has 1 aromatic carbocycles. The lowest BCUT2D eigenvalue weighted by atomic mass is 10.2. The van der Waals surface area contributed by atoms with E-state index < -0.39 is 28.1 Å². The van der Waals surface area contributed by atoms with E-state index >= 15 is 0 Å². The molecule has 0 fully saturated rings. The number of sulfonamides is 1. The summed E-state index contributed by atoms with van der Waals surface area (Å²) in [5.41, 5.74) is 0. The fraction of sp³-hybridized carbons (Fsp3) is 0.300. The third-order valence-corrected chi connectivity index (χ3v) is 4.14. The topological polar surface area (TPSA) is 104 Å². The van der Waals surface area contributed by atoms with Crippen molar-refractivity contribution >= 4 is 31.9 Å². The molecule has 0 aliphatic rings. The zero-order chi connectivity index (χ0) is 13.9. The molecule has 8 heteroatoms. The van der Waals surface area contributed by atoms with Gasteiger partial charge in [-0.15, -0.1) is 0 Å². The smallest absolute Gasteiger partial charge is 0.324 e. The number of carbonyl (C=O) groups is 1. The lowest BCUT2D eigenvalue weighted by molar-refractivity contribution is -0.141. The van der Waals surface area contributed by atoms with Gasteiger partial charge in [0.1, 0.15) is 6.04 Å². The first kappa shape index (κ1) is 15.1. The number of rotatable bonds is 5. The molecule has 0 aromatic heterocycles. The van der Waals surface area contributed by atoms with Crippen molar-refractivity contribution in [1.82, 2.24) is 4.72 Å². The summed E-state index contributed by atoms with van der Waals surface area (Å²) >= 11 is 3.16. The first-order chi connectivity index (χ1) is 8.24. The Labute approximate surface area is 113 Å². The number of aliphatic hydroxyl groups excluding tert-OH is 1. The number of aliphatic hydroxyl groups is 1. The fourth-order valence-electron chi connectivity index (χ4n) is 1.20. The highest BCUT2D eigenvalue weighted by Crippen LogP contribution is 2.15. The third-order valence-electron chi connectivity index (χ3n) is 2.15. The quantitative estimate of drug-likeness (QED) is 0.728. The van der Waals surface area contributed by atoms with E-state index in [0.29, 0.717) is 4.47 Å². The number of hydrogen-bond donors (Lipinski definition) is 3. The number of hydrogen-bond acceptors (Lipinski definition) is 4. The summed E-state index contributed by atoms with van der Waals surface area (Å²) < 4.78 is 26.4. The molecule has 2 atom stereocenters. The molecule has 0 saturated carbocycles. The van der Waals surface area contributed by atoms with E-state index in [9.17, 15) is 18.3 Å². The van der Waals surface area contributed by atoms with Gasteiger partial charge in [-0.3, -0.25) is 4.79 Å². The minimum Gasteiger partial charge on any atom is -0.480 e. The summed E-state index contributed by atoms with van der Waals surface area (Å²) in [6.45, 7) is 1.20. The highest BCUT2D eigenvalue weighted by molar-refractivity contribution is 9.10. The molecule has 1 aromatic rings. The normalized spacial score (nSPS) is 15.1. The first-order valence-corrected chi connectivity index (χ1v) is 7.20. The molecule has 6 nitrogen and oxygen atoms in total. The standard InChI is InChI=1S/C10H12BrNO5S/c1-6(13)9(10(14)15)12-18(16,17)8-4-2-7(11)3-5-8/h2-6,9,12-13H,1H3,(H,14,15). The second-order valence-electron chi connectivity index (χ2n) is 3.63. The van der Waals surface area contributed by atoms with Crippen molar-refractivity contribution in [3.63, 3.8) is 0 Å². The van der Waals surface area contributed by atoms with Crippen molar-refractivity contribution in [1.29, 1.82) is 0 Å². The molecule has 0 bridgehead atoms. The van der Waals surface area contributed by atoms with Crippen LogP contribution in [-0.2, 0) is 14.8 Å². The van der Waals surface area contributed by atoms with Gasteiger partial charge >= 0.3 is 5.97 Å². The molecule has 0 heterocycles. The van der Waals surface area contributed by atoms with Gasteiger partial charge in [0.2, 0.25) is 10.0 Å². The summed E-state index contributed by atoms with van der Waals surface area (Å²) in [7, 11) is -3.98. The Balaban J connectivity index is 3.01. The third kappa shape index (κ3) is 3.77. The minimum absolute atomic E-state index is 0.0717. The van der Waals surface area contributed by atoms with Crippen LogP contribution in [0.3, 0.4) is 0 Å². The molecule has 0 aliphatic carbocycles. The second-order valence-corrected chi connectivity index (χ2v) is 6.26. The van der Waals surface area contributed by atoms with Crippen LogP contribution >= 0.6 is 15.9 Å². The Hall–Kier alpha value is -0.960. The van der Waals surface area contributed by atoms with Gasteiger partial charge in [-0.1, -0.05) is 15.9 Å². The van der Waals surface area contributed by atoms with E-state index in [2.05, 4.69) is 15.9 Å². The summed E-state index contributed by atoms with van der Waals surface area (Å²) in [4.78, 5) is 10.7. The maximum absolute atomic E-state index is 11.9. The molecule has 2 unspecified atom stereocenters. The summed E-state index contributed by atoms with van der Waals surface area (Å²) in [6.07, 6.45) is -1.34. The monoisotopic (exact) mass is 337 g/mol. The van der Waals surface area contributed by atoms with Crippen LogP contribution in [0, 0.1) is 0 Å². The molecular formula is C10H12BrNO5S. The van der Waals surface area contributed by atoms with Crippen LogP contribution < -0.4 is 4.72 Å². The van der Waals surface area contributed by atoms with Gasteiger partial charge in [-0.25, -0.2) is 8.42 Å². The predicted octanol–water partition coefficient (Wildman–Crippen LogP) is 0.561. The molecule has 1 rings (SSSR count). The average Bonchev–Trinajstić information content (AvgIpc) is 2.26. The Bertz CT molecular complexity index is 526. The molecule has 0 amide bonds. The van der Waals surface area contributed by atoms with Gasteiger partial charge < -0.3 is 10.2 Å². The molecule has 0 aliphatic heterocycles. The number of carboxylic acid groups (broad SMARTS) is 1. The molecule has 18 heavy (non-hydrogen) atoms. The minimum atomic E-state index is -3.98. The number of nitrogens with one attached hydrogen (secondary N) is 1. The number of benzene rings is 1. The molecule has 100 valence electrons. The van der Waals surface area contributed by atoms with Gasteiger partial charge in [0.25, 0.3) is 0 Å². The predicted molar refractivity (Wildman–Crippen MR) is 67.6 cm³/mol. The van der Waals surface area contributed by atoms with Gasteiger partial charge in [-0.2, -0.15) is 4.72 Å². The maximum Gasteiger partial charge on any atom is 0.324 e. The average molecular weight is 338 g/mol. The van der Waals surface area contributed by atoms with Crippen LogP contribution in [0.5, 0.6) is 0 Å². The van der Waals surface area contributed by atoms with Gasteiger partial charge in [0, 0.05) is 4.47 Å².